The number of hydrogen-bond acceptors (Lipinski definition) is 4. The summed E-state index contributed by atoms with van der Waals surface area (Å²) in [6.07, 6.45) is 1.22. The van der Waals surface area contributed by atoms with Gasteiger partial charge < -0.3 is 10.1 Å². The Kier molecular flexibility index (Phi) is 6.74. The lowest BCUT2D eigenvalue weighted by Gasteiger charge is -2.06. The van der Waals surface area contributed by atoms with Crippen molar-refractivity contribution in [2.45, 2.75) is 33.6 Å². The summed E-state index contributed by atoms with van der Waals surface area (Å²) in [5.41, 5.74) is 3.21. The predicted octanol–water partition coefficient (Wildman–Crippen LogP) is 3.51. The van der Waals surface area contributed by atoms with Crippen molar-refractivity contribution in [2.75, 3.05) is 19.8 Å². The number of carbonyl (C=O) groups is 1. The van der Waals surface area contributed by atoms with Crippen molar-refractivity contribution in [3.63, 3.8) is 0 Å². The maximum Gasteiger partial charge on any atom is 0.225 e. The third-order valence-corrected chi connectivity index (χ3v) is 4.41. The summed E-state index contributed by atoms with van der Waals surface area (Å²) in [4.78, 5) is 17.7. The fraction of sp³-hybridized carbons (Fsp3) is 0.444. The molecule has 0 spiro atoms. The second kappa shape index (κ2) is 8.79. The van der Waals surface area contributed by atoms with Gasteiger partial charge in [-0.3, -0.25) is 4.79 Å². The van der Waals surface area contributed by atoms with E-state index in [9.17, 15) is 4.79 Å². The predicted molar refractivity (Wildman–Crippen MR) is 94.8 cm³/mol. The average Bonchev–Trinajstić information content (AvgIpc) is 2.88. The molecule has 1 aromatic carbocycles. The number of ether oxygens (including phenoxy) is 1. The SMILES string of the molecule is CCOCCCNC(=O)Cc1sc(C)nc1-c1ccc(C)cc1. The summed E-state index contributed by atoms with van der Waals surface area (Å²) < 4.78 is 5.26. The molecular formula is C18H24N2O2S. The lowest BCUT2D eigenvalue weighted by Crippen LogP contribution is -2.26. The van der Waals surface area contributed by atoms with Crippen molar-refractivity contribution in [3.05, 3.63) is 39.7 Å². The number of hydrogen-bond donors (Lipinski definition) is 1. The third-order valence-electron chi connectivity index (χ3n) is 3.44. The molecule has 0 atom stereocenters. The molecule has 0 saturated heterocycles. The van der Waals surface area contributed by atoms with Gasteiger partial charge in [-0.25, -0.2) is 4.98 Å². The zero-order valence-electron chi connectivity index (χ0n) is 14.0. The maximum atomic E-state index is 12.1. The van der Waals surface area contributed by atoms with Gasteiger partial charge in [-0.1, -0.05) is 29.8 Å². The third kappa shape index (κ3) is 5.44. The van der Waals surface area contributed by atoms with Crippen molar-refractivity contribution in [1.82, 2.24) is 10.3 Å². The number of rotatable bonds is 8. The molecule has 23 heavy (non-hydrogen) atoms. The molecule has 0 fully saturated rings. The van der Waals surface area contributed by atoms with E-state index in [0.717, 1.165) is 27.6 Å². The van der Waals surface area contributed by atoms with E-state index in [1.807, 2.05) is 13.8 Å². The van der Waals surface area contributed by atoms with Gasteiger partial charge in [-0.05, 0) is 27.2 Å². The molecular weight excluding hydrogens is 308 g/mol. The average molecular weight is 332 g/mol. The molecule has 1 N–H and O–H groups in total. The van der Waals surface area contributed by atoms with Crippen molar-refractivity contribution in [2.24, 2.45) is 0 Å². The van der Waals surface area contributed by atoms with Crippen LogP contribution < -0.4 is 5.32 Å². The number of aromatic nitrogens is 1. The first-order valence-electron chi connectivity index (χ1n) is 7.98. The molecule has 4 nitrogen and oxygen atoms in total. The van der Waals surface area contributed by atoms with E-state index in [1.54, 1.807) is 11.3 Å². The number of aryl methyl sites for hydroxylation is 2. The Hall–Kier alpha value is -1.72. The van der Waals surface area contributed by atoms with Crippen LogP contribution >= 0.6 is 11.3 Å². The van der Waals surface area contributed by atoms with Gasteiger partial charge in [-0.2, -0.15) is 0 Å². The maximum absolute atomic E-state index is 12.1. The van der Waals surface area contributed by atoms with Crippen molar-refractivity contribution >= 4 is 17.2 Å². The number of carbonyl (C=O) groups excluding carboxylic acids is 1. The zero-order valence-corrected chi connectivity index (χ0v) is 14.8. The lowest BCUT2D eigenvalue weighted by atomic mass is 10.1. The van der Waals surface area contributed by atoms with Crippen LogP contribution in [0.25, 0.3) is 11.3 Å². The Bertz CT molecular complexity index is 635. The van der Waals surface area contributed by atoms with E-state index in [1.165, 1.54) is 5.56 Å². The molecule has 1 heterocycles. The number of thiazole rings is 1. The fourth-order valence-electron chi connectivity index (χ4n) is 2.28. The van der Waals surface area contributed by atoms with Crippen LogP contribution in [-0.2, 0) is 16.0 Å². The summed E-state index contributed by atoms with van der Waals surface area (Å²) in [6.45, 7) is 8.06. The second-order valence-corrected chi connectivity index (χ2v) is 6.74. The van der Waals surface area contributed by atoms with Crippen LogP contribution in [0.3, 0.4) is 0 Å². The first-order valence-corrected chi connectivity index (χ1v) is 8.79. The number of amides is 1. The number of nitrogens with one attached hydrogen (secondary N) is 1. The summed E-state index contributed by atoms with van der Waals surface area (Å²) >= 11 is 1.59. The first kappa shape index (κ1) is 17.6. The van der Waals surface area contributed by atoms with Gasteiger partial charge in [0.1, 0.15) is 0 Å². The minimum Gasteiger partial charge on any atom is -0.382 e. The van der Waals surface area contributed by atoms with Gasteiger partial charge in [0.15, 0.2) is 0 Å². The highest BCUT2D eigenvalue weighted by atomic mass is 32.1. The highest BCUT2D eigenvalue weighted by molar-refractivity contribution is 7.12. The summed E-state index contributed by atoms with van der Waals surface area (Å²) in [5.74, 6) is 0.0403. The molecule has 0 bridgehead atoms. The molecule has 1 aromatic heterocycles. The molecule has 5 heteroatoms. The molecule has 0 aliphatic heterocycles. The Morgan fingerprint density at radius 1 is 1.26 bits per heavy atom. The Morgan fingerprint density at radius 2 is 2.00 bits per heavy atom. The van der Waals surface area contributed by atoms with Crippen LogP contribution in [0, 0.1) is 13.8 Å². The van der Waals surface area contributed by atoms with Gasteiger partial charge in [0.25, 0.3) is 0 Å². The Labute approximate surface area is 141 Å². The van der Waals surface area contributed by atoms with E-state index in [2.05, 4.69) is 41.5 Å². The Balaban J connectivity index is 1.97. The summed E-state index contributed by atoms with van der Waals surface area (Å²) in [5, 5.41) is 3.93. The largest absolute Gasteiger partial charge is 0.382 e. The van der Waals surface area contributed by atoms with Gasteiger partial charge >= 0.3 is 0 Å². The van der Waals surface area contributed by atoms with Crippen LogP contribution in [-0.4, -0.2) is 30.6 Å². The van der Waals surface area contributed by atoms with Crippen LogP contribution in [0.4, 0.5) is 0 Å². The molecule has 2 rings (SSSR count). The second-order valence-electron chi connectivity index (χ2n) is 5.45. The van der Waals surface area contributed by atoms with E-state index < -0.39 is 0 Å². The highest BCUT2D eigenvalue weighted by Gasteiger charge is 2.14. The van der Waals surface area contributed by atoms with Crippen LogP contribution in [0.5, 0.6) is 0 Å². The molecule has 1 amide bonds. The minimum atomic E-state index is 0.0403. The van der Waals surface area contributed by atoms with Gasteiger partial charge in [0, 0.05) is 30.2 Å². The summed E-state index contributed by atoms with van der Waals surface area (Å²) in [7, 11) is 0. The molecule has 124 valence electrons. The van der Waals surface area contributed by atoms with Crippen LogP contribution in [0.2, 0.25) is 0 Å². The zero-order chi connectivity index (χ0) is 16.7. The van der Waals surface area contributed by atoms with Crippen LogP contribution in [0.15, 0.2) is 24.3 Å². The molecule has 0 unspecified atom stereocenters. The van der Waals surface area contributed by atoms with Gasteiger partial charge in [0.05, 0.1) is 17.1 Å². The van der Waals surface area contributed by atoms with Gasteiger partial charge in [0.2, 0.25) is 5.91 Å². The fourth-order valence-corrected chi connectivity index (χ4v) is 3.24. The number of nitrogens with zero attached hydrogens (tertiary/aromatic N) is 1. The molecule has 0 aliphatic rings. The quantitative estimate of drug-likeness (QED) is 0.753. The van der Waals surface area contributed by atoms with Crippen molar-refractivity contribution in [3.8, 4) is 11.3 Å². The van der Waals surface area contributed by atoms with E-state index in [0.29, 0.717) is 26.2 Å². The standard InChI is InChI=1S/C18H24N2O2S/c1-4-22-11-5-10-19-17(21)12-16-18(20-14(3)23-16)15-8-6-13(2)7-9-15/h6-9H,4-5,10-12H2,1-3H3,(H,19,21). The number of benzene rings is 1. The highest BCUT2D eigenvalue weighted by Crippen LogP contribution is 2.28. The molecule has 0 aliphatic carbocycles. The molecule has 2 aromatic rings. The van der Waals surface area contributed by atoms with Crippen LogP contribution in [0.1, 0.15) is 28.8 Å². The molecule has 0 saturated carbocycles. The van der Waals surface area contributed by atoms with Crippen molar-refractivity contribution in [1.29, 1.82) is 0 Å². The van der Waals surface area contributed by atoms with Gasteiger partial charge in [-0.15, -0.1) is 11.3 Å². The van der Waals surface area contributed by atoms with Crippen molar-refractivity contribution < 1.29 is 9.53 Å². The minimum absolute atomic E-state index is 0.0403. The smallest absolute Gasteiger partial charge is 0.225 e. The normalized spacial score (nSPS) is 10.7. The van der Waals surface area contributed by atoms with E-state index in [4.69, 9.17) is 4.74 Å². The molecule has 0 radical (unpaired) electrons. The Morgan fingerprint density at radius 3 is 2.70 bits per heavy atom. The first-order chi connectivity index (χ1) is 11.1. The van der Waals surface area contributed by atoms with E-state index >= 15 is 0 Å². The summed E-state index contributed by atoms with van der Waals surface area (Å²) in [6, 6.07) is 8.27. The lowest BCUT2D eigenvalue weighted by molar-refractivity contribution is -0.120. The van der Waals surface area contributed by atoms with E-state index in [-0.39, 0.29) is 5.91 Å². The monoisotopic (exact) mass is 332 g/mol. The topological polar surface area (TPSA) is 51.2 Å².